The third-order valence-electron chi connectivity index (χ3n) is 4.90. The van der Waals surface area contributed by atoms with Gasteiger partial charge in [0.25, 0.3) is 0 Å². The fourth-order valence-electron chi connectivity index (χ4n) is 3.32. The molecule has 0 aliphatic heterocycles. The van der Waals surface area contributed by atoms with E-state index < -0.39 is 0 Å². The highest BCUT2D eigenvalue weighted by Gasteiger charge is 2.17. The van der Waals surface area contributed by atoms with Crippen molar-refractivity contribution in [2.75, 3.05) is 20.3 Å². The second-order valence-corrected chi connectivity index (χ2v) is 7.18. The highest BCUT2D eigenvalue weighted by molar-refractivity contribution is 5.82. The highest BCUT2D eigenvalue weighted by Crippen LogP contribution is 2.32. The maximum Gasteiger partial charge on any atom is 0.235 e. The Morgan fingerprint density at radius 2 is 1.61 bits per heavy atom. The first-order valence-corrected chi connectivity index (χ1v) is 10.2. The summed E-state index contributed by atoms with van der Waals surface area (Å²) in [6.07, 6.45) is 0.627. The number of aryl methyl sites for hydroxylation is 1. The van der Waals surface area contributed by atoms with Gasteiger partial charge < -0.3 is 18.6 Å². The molecule has 1 aromatic heterocycles. The maximum atomic E-state index is 13.1. The summed E-state index contributed by atoms with van der Waals surface area (Å²) in [6.45, 7) is 2.84. The van der Waals surface area contributed by atoms with Crippen LogP contribution in [0.3, 0.4) is 0 Å². The number of hydrogen-bond acceptors (Lipinski definition) is 5. The lowest BCUT2D eigenvalue weighted by Crippen LogP contribution is -2.13. The van der Waals surface area contributed by atoms with Crippen molar-refractivity contribution in [3.05, 3.63) is 88.6 Å². The van der Waals surface area contributed by atoms with Gasteiger partial charge in [-0.1, -0.05) is 24.3 Å². The molecular weight excluding hydrogens is 392 g/mol. The molecule has 5 nitrogen and oxygen atoms in total. The van der Waals surface area contributed by atoms with E-state index in [2.05, 4.69) is 0 Å². The summed E-state index contributed by atoms with van der Waals surface area (Å²) in [5.74, 6) is 2.16. The Morgan fingerprint density at radius 3 is 2.39 bits per heavy atom. The predicted octanol–water partition coefficient (Wildman–Crippen LogP) is 5.62. The Hall–Kier alpha value is -3.73. The van der Waals surface area contributed by atoms with Crippen LogP contribution in [0.1, 0.15) is 12.0 Å². The summed E-state index contributed by atoms with van der Waals surface area (Å²) >= 11 is 0. The van der Waals surface area contributed by atoms with Crippen LogP contribution in [-0.2, 0) is 0 Å². The lowest BCUT2D eigenvalue weighted by atomic mass is 10.1. The fourth-order valence-corrected chi connectivity index (χ4v) is 3.32. The van der Waals surface area contributed by atoms with Gasteiger partial charge in [0.05, 0.1) is 25.7 Å². The largest absolute Gasteiger partial charge is 0.497 e. The van der Waals surface area contributed by atoms with Crippen molar-refractivity contribution in [2.24, 2.45) is 0 Å². The minimum atomic E-state index is -0.188. The topological polar surface area (TPSA) is 57.9 Å². The monoisotopic (exact) mass is 416 g/mol. The molecule has 4 aromatic rings. The third kappa shape index (κ3) is 4.72. The summed E-state index contributed by atoms with van der Waals surface area (Å²) < 4.78 is 23.0. The normalized spacial score (nSPS) is 10.8. The van der Waals surface area contributed by atoms with Crippen molar-refractivity contribution in [1.29, 1.82) is 0 Å². The molecule has 0 saturated heterocycles. The van der Waals surface area contributed by atoms with Gasteiger partial charge >= 0.3 is 0 Å². The molecule has 0 amide bonds. The zero-order valence-electron chi connectivity index (χ0n) is 17.6. The number of ether oxygens (including phenoxy) is 3. The second-order valence-electron chi connectivity index (χ2n) is 7.18. The van der Waals surface area contributed by atoms with E-state index in [0.29, 0.717) is 36.4 Å². The number of hydrogen-bond donors (Lipinski definition) is 0. The van der Waals surface area contributed by atoms with E-state index in [9.17, 15) is 4.79 Å². The van der Waals surface area contributed by atoms with E-state index in [0.717, 1.165) is 22.6 Å². The molecule has 158 valence electrons. The average Bonchev–Trinajstić information content (AvgIpc) is 2.80. The minimum Gasteiger partial charge on any atom is -0.497 e. The summed E-state index contributed by atoms with van der Waals surface area (Å²) in [6, 6.07) is 22.4. The SMILES string of the molecule is COc1ccc(-c2oc3ccccc3c(=O)c2OCCCOc2cccc(C)c2)cc1. The molecule has 0 saturated carbocycles. The molecule has 0 bridgehead atoms. The standard InChI is InChI=1S/C26H24O5/c1-18-7-5-8-21(17-18)29-15-6-16-30-26-24(27)22-9-3-4-10-23(22)31-25(26)19-11-13-20(28-2)14-12-19/h3-5,7-14,17H,6,15-16H2,1-2H3. The smallest absolute Gasteiger partial charge is 0.235 e. The van der Waals surface area contributed by atoms with Gasteiger partial charge in [0, 0.05) is 12.0 Å². The van der Waals surface area contributed by atoms with Gasteiger partial charge in [-0.3, -0.25) is 4.79 Å². The lowest BCUT2D eigenvalue weighted by molar-refractivity contribution is 0.244. The summed E-state index contributed by atoms with van der Waals surface area (Å²) in [7, 11) is 1.61. The van der Waals surface area contributed by atoms with Gasteiger partial charge in [-0.25, -0.2) is 0 Å². The molecule has 0 aliphatic rings. The maximum absolute atomic E-state index is 13.1. The molecular formula is C26H24O5. The Labute approximate surface area is 180 Å². The first-order chi connectivity index (χ1) is 15.2. The summed E-state index contributed by atoms with van der Waals surface area (Å²) in [5, 5.41) is 0.491. The van der Waals surface area contributed by atoms with Crippen LogP contribution in [0.25, 0.3) is 22.3 Å². The number of rotatable bonds is 8. The highest BCUT2D eigenvalue weighted by atomic mass is 16.5. The van der Waals surface area contributed by atoms with Gasteiger partial charge in [-0.15, -0.1) is 0 Å². The molecule has 5 heteroatoms. The summed E-state index contributed by atoms with van der Waals surface area (Å²) in [5.41, 5.74) is 2.22. The first-order valence-electron chi connectivity index (χ1n) is 10.2. The first kappa shape index (κ1) is 20.5. The molecule has 0 spiro atoms. The minimum absolute atomic E-state index is 0.188. The van der Waals surface area contributed by atoms with Crippen molar-refractivity contribution < 1.29 is 18.6 Å². The van der Waals surface area contributed by atoms with Crippen LogP contribution in [0.5, 0.6) is 17.2 Å². The van der Waals surface area contributed by atoms with E-state index in [-0.39, 0.29) is 11.2 Å². The predicted molar refractivity (Wildman–Crippen MR) is 121 cm³/mol. The number of benzene rings is 3. The molecule has 0 unspecified atom stereocenters. The van der Waals surface area contributed by atoms with Crippen LogP contribution < -0.4 is 19.6 Å². The van der Waals surface area contributed by atoms with Gasteiger partial charge in [0.2, 0.25) is 11.2 Å². The summed E-state index contributed by atoms with van der Waals surface area (Å²) in [4.78, 5) is 13.1. The van der Waals surface area contributed by atoms with Gasteiger partial charge in [0.15, 0.2) is 5.76 Å². The average molecular weight is 416 g/mol. The van der Waals surface area contributed by atoms with Crippen LogP contribution in [0.2, 0.25) is 0 Å². The zero-order valence-corrected chi connectivity index (χ0v) is 17.6. The molecule has 31 heavy (non-hydrogen) atoms. The Balaban J connectivity index is 1.55. The molecule has 0 aliphatic carbocycles. The van der Waals surface area contributed by atoms with Crippen LogP contribution in [0, 0.1) is 6.92 Å². The van der Waals surface area contributed by atoms with Crippen molar-refractivity contribution in [3.8, 4) is 28.6 Å². The van der Waals surface area contributed by atoms with Gasteiger partial charge in [-0.05, 0) is 61.0 Å². The van der Waals surface area contributed by atoms with E-state index in [1.807, 2.05) is 67.6 Å². The molecule has 0 atom stereocenters. The lowest BCUT2D eigenvalue weighted by Gasteiger charge is -2.12. The van der Waals surface area contributed by atoms with Crippen LogP contribution in [-0.4, -0.2) is 20.3 Å². The molecule has 0 N–H and O–H groups in total. The van der Waals surface area contributed by atoms with Crippen LogP contribution in [0.4, 0.5) is 0 Å². The molecule has 0 radical (unpaired) electrons. The number of fused-ring (bicyclic) bond motifs is 1. The third-order valence-corrected chi connectivity index (χ3v) is 4.90. The van der Waals surface area contributed by atoms with Crippen LogP contribution >= 0.6 is 0 Å². The zero-order chi connectivity index (χ0) is 21.6. The Morgan fingerprint density at radius 1 is 0.839 bits per heavy atom. The molecule has 1 heterocycles. The Kier molecular flexibility index (Phi) is 6.22. The Bertz CT molecular complexity index is 1220. The molecule has 0 fully saturated rings. The van der Waals surface area contributed by atoms with E-state index >= 15 is 0 Å². The fraction of sp³-hybridized carbons (Fsp3) is 0.192. The van der Waals surface area contributed by atoms with Crippen molar-refractivity contribution >= 4 is 11.0 Å². The van der Waals surface area contributed by atoms with E-state index in [1.54, 1.807) is 19.2 Å². The van der Waals surface area contributed by atoms with Gasteiger partial charge in [-0.2, -0.15) is 0 Å². The van der Waals surface area contributed by atoms with Crippen molar-refractivity contribution in [1.82, 2.24) is 0 Å². The van der Waals surface area contributed by atoms with Crippen LogP contribution in [0.15, 0.2) is 82.0 Å². The molecule has 4 rings (SSSR count). The van der Waals surface area contributed by atoms with Gasteiger partial charge in [0.1, 0.15) is 17.1 Å². The number of methoxy groups -OCH3 is 1. The van der Waals surface area contributed by atoms with Crippen molar-refractivity contribution in [3.63, 3.8) is 0 Å². The van der Waals surface area contributed by atoms with E-state index in [4.69, 9.17) is 18.6 Å². The quantitative estimate of drug-likeness (QED) is 0.349. The van der Waals surface area contributed by atoms with E-state index in [1.165, 1.54) is 0 Å². The van der Waals surface area contributed by atoms with Crippen molar-refractivity contribution in [2.45, 2.75) is 13.3 Å². The second kappa shape index (κ2) is 9.39. The molecule has 3 aromatic carbocycles. The number of para-hydroxylation sites is 1.